The highest BCUT2D eigenvalue weighted by Gasteiger charge is 2.68. The minimum absolute atomic E-state index is 0.0298. The van der Waals surface area contributed by atoms with Gasteiger partial charge in [0.25, 0.3) is 0 Å². The van der Waals surface area contributed by atoms with E-state index in [2.05, 4.69) is 31.0 Å². The summed E-state index contributed by atoms with van der Waals surface area (Å²) in [6.45, 7) is 3.24. The summed E-state index contributed by atoms with van der Waals surface area (Å²) >= 11 is 0. The van der Waals surface area contributed by atoms with Crippen molar-refractivity contribution in [3.8, 4) is 41.2 Å². The highest BCUT2D eigenvalue weighted by molar-refractivity contribution is 6.04. The number of phenolic OH excluding ortho intramolecular Hbond substituents is 1. The standard InChI is InChI=1S/C40H40F6N6O3/c1-3-26-28(41)7-4-22-14-25(53)15-27(29(22)26)32-31(42)33-30(35(48-32)54-2)34(52-16-23-5-6-24(17-52)47-23)50-36(49-33)55-21-38(8-9-38)20-51-12-10-37(11-13-51)18-39(43,19-37)40(44,45)46/h1,4,7,14-15,23-24,47,53H,5-6,8-13,16-21H2,2H3. The van der Waals surface area contributed by atoms with Gasteiger partial charge in [0.1, 0.15) is 34.0 Å². The highest BCUT2D eigenvalue weighted by atomic mass is 19.4. The number of hydrogen-bond acceptors (Lipinski definition) is 9. The lowest BCUT2D eigenvalue weighted by molar-refractivity contribution is -0.290. The fourth-order valence-corrected chi connectivity index (χ4v) is 9.54. The Balaban J connectivity index is 1.05. The van der Waals surface area contributed by atoms with Gasteiger partial charge in [0, 0.05) is 48.1 Å². The Morgan fingerprint density at radius 2 is 1.71 bits per heavy atom. The number of methoxy groups -OCH3 is 1. The average molecular weight is 767 g/mol. The van der Waals surface area contributed by atoms with Gasteiger partial charge in [-0.1, -0.05) is 12.0 Å². The number of nitrogens with one attached hydrogen (secondary N) is 1. The van der Waals surface area contributed by atoms with Gasteiger partial charge in [-0.25, -0.2) is 18.2 Å². The first-order valence-electron chi connectivity index (χ1n) is 18.7. The molecule has 9 nitrogen and oxygen atoms in total. The number of pyridine rings is 1. The Morgan fingerprint density at radius 1 is 1.00 bits per heavy atom. The molecule has 2 atom stereocenters. The number of hydrogen-bond donors (Lipinski definition) is 2. The van der Waals surface area contributed by atoms with Gasteiger partial charge in [0.05, 0.1) is 19.3 Å². The highest BCUT2D eigenvalue weighted by Crippen LogP contribution is 2.62. The Labute approximate surface area is 313 Å². The van der Waals surface area contributed by atoms with E-state index in [1.807, 2.05) is 0 Å². The van der Waals surface area contributed by atoms with Crippen LogP contribution in [0, 0.1) is 34.8 Å². The van der Waals surface area contributed by atoms with Crippen LogP contribution in [0.3, 0.4) is 0 Å². The second-order valence-corrected chi connectivity index (χ2v) is 16.4. The van der Waals surface area contributed by atoms with Crippen LogP contribution in [0.25, 0.3) is 32.9 Å². The van der Waals surface area contributed by atoms with Crippen LogP contribution in [0.4, 0.5) is 32.2 Å². The van der Waals surface area contributed by atoms with E-state index in [4.69, 9.17) is 20.9 Å². The van der Waals surface area contributed by atoms with E-state index in [-0.39, 0.29) is 74.9 Å². The molecule has 0 amide bonds. The molecule has 9 rings (SSSR count). The van der Waals surface area contributed by atoms with Gasteiger partial charge >= 0.3 is 12.2 Å². The molecule has 3 saturated heterocycles. The van der Waals surface area contributed by atoms with Crippen LogP contribution in [0.1, 0.15) is 56.9 Å². The van der Waals surface area contributed by atoms with Crippen molar-refractivity contribution in [2.45, 2.75) is 75.3 Å². The van der Waals surface area contributed by atoms with Crippen molar-refractivity contribution in [2.75, 3.05) is 51.3 Å². The minimum atomic E-state index is -4.84. The van der Waals surface area contributed by atoms with Crippen molar-refractivity contribution in [3.63, 3.8) is 0 Å². The molecule has 2 unspecified atom stereocenters. The van der Waals surface area contributed by atoms with Crippen LogP contribution in [-0.4, -0.2) is 95.3 Å². The quantitative estimate of drug-likeness (QED) is 0.144. The normalized spacial score (nSPS) is 23.9. The van der Waals surface area contributed by atoms with E-state index in [9.17, 15) is 22.7 Å². The van der Waals surface area contributed by atoms with E-state index in [1.54, 1.807) is 0 Å². The maximum atomic E-state index is 17.2. The number of aromatic hydroxyl groups is 1. The molecule has 4 aromatic rings. The zero-order valence-electron chi connectivity index (χ0n) is 30.2. The number of anilines is 1. The largest absolute Gasteiger partial charge is 0.508 e. The fraction of sp³-hybridized carbons (Fsp3) is 0.525. The lowest BCUT2D eigenvalue weighted by Gasteiger charge is -2.55. The number of alkyl halides is 4. The molecule has 2 bridgehead atoms. The predicted octanol–water partition coefficient (Wildman–Crippen LogP) is 7.06. The zero-order valence-corrected chi connectivity index (χ0v) is 30.2. The number of piperazine rings is 1. The number of rotatable bonds is 8. The molecular weight excluding hydrogens is 726 g/mol. The summed E-state index contributed by atoms with van der Waals surface area (Å²) in [5, 5.41) is 15.1. The molecule has 0 radical (unpaired) electrons. The SMILES string of the molecule is C#Cc1c(F)ccc2cc(O)cc(-c3nc(OC)c4c(N5CC6CCC(C5)N6)nc(OCC5(CN6CCC7(CC6)CC(F)(C(F)(F)F)C7)CC5)nc4c3F)c12. The average Bonchev–Trinajstić information content (AvgIpc) is 3.83. The molecule has 5 heterocycles. The van der Waals surface area contributed by atoms with Crippen LogP contribution >= 0.6 is 0 Å². The summed E-state index contributed by atoms with van der Waals surface area (Å²) in [7, 11) is 1.40. The Kier molecular flexibility index (Phi) is 8.36. The first kappa shape index (κ1) is 36.1. The monoisotopic (exact) mass is 766 g/mol. The van der Waals surface area contributed by atoms with Crippen LogP contribution in [0.15, 0.2) is 24.3 Å². The van der Waals surface area contributed by atoms with Crippen molar-refractivity contribution >= 4 is 27.5 Å². The van der Waals surface area contributed by atoms with Gasteiger partial charge in [-0.3, -0.25) is 0 Å². The topological polar surface area (TPSA) is 95.9 Å². The molecule has 2 aromatic heterocycles. The maximum absolute atomic E-state index is 17.2. The van der Waals surface area contributed by atoms with Crippen molar-refractivity contribution in [1.82, 2.24) is 25.2 Å². The summed E-state index contributed by atoms with van der Waals surface area (Å²) in [6.07, 6.45) is 4.64. The van der Waals surface area contributed by atoms with E-state index in [0.717, 1.165) is 25.7 Å². The van der Waals surface area contributed by atoms with E-state index >= 15 is 8.78 Å². The van der Waals surface area contributed by atoms with E-state index < -0.39 is 41.7 Å². The van der Waals surface area contributed by atoms with Gasteiger partial charge < -0.3 is 29.7 Å². The zero-order chi connectivity index (χ0) is 38.5. The van der Waals surface area contributed by atoms with E-state index in [0.29, 0.717) is 56.8 Å². The molecule has 5 fully saturated rings. The Morgan fingerprint density at radius 3 is 2.35 bits per heavy atom. The smallest absolute Gasteiger partial charge is 0.422 e. The first-order valence-corrected chi connectivity index (χ1v) is 18.7. The van der Waals surface area contributed by atoms with Crippen LogP contribution in [-0.2, 0) is 0 Å². The molecule has 2 N–H and O–H groups in total. The molecule has 290 valence electrons. The van der Waals surface area contributed by atoms with Gasteiger partial charge in [-0.15, -0.1) is 6.42 Å². The van der Waals surface area contributed by atoms with Gasteiger partial charge in [-0.05, 0) is 93.5 Å². The molecule has 3 aliphatic heterocycles. The molecule has 2 aliphatic carbocycles. The number of fused-ring (bicyclic) bond motifs is 4. The molecule has 2 saturated carbocycles. The van der Waals surface area contributed by atoms with Crippen molar-refractivity contribution in [1.29, 1.82) is 0 Å². The Hall–Kier alpha value is -4.55. The summed E-state index contributed by atoms with van der Waals surface area (Å²) in [5.41, 5.74) is -4.37. The second kappa shape index (κ2) is 12.7. The number of phenols is 1. The third kappa shape index (κ3) is 6.16. The van der Waals surface area contributed by atoms with Gasteiger partial charge in [0.15, 0.2) is 5.82 Å². The predicted molar refractivity (Wildman–Crippen MR) is 193 cm³/mol. The van der Waals surface area contributed by atoms with Crippen LogP contribution < -0.4 is 19.7 Å². The maximum Gasteiger partial charge on any atom is 0.422 e. The summed E-state index contributed by atoms with van der Waals surface area (Å²) in [6, 6.07) is 5.69. The van der Waals surface area contributed by atoms with Crippen molar-refractivity contribution in [3.05, 3.63) is 41.5 Å². The van der Waals surface area contributed by atoms with Gasteiger partial charge in [-0.2, -0.15) is 23.1 Å². The minimum Gasteiger partial charge on any atom is -0.508 e. The van der Waals surface area contributed by atoms with Crippen molar-refractivity contribution in [2.24, 2.45) is 10.8 Å². The van der Waals surface area contributed by atoms with Crippen LogP contribution in [0.5, 0.6) is 17.6 Å². The number of halogens is 6. The number of benzene rings is 2. The molecule has 2 aromatic carbocycles. The lowest BCUT2D eigenvalue weighted by Crippen LogP contribution is -2.60. The molecule has 1 spiro atoms. The number of ether oxygens (including phenoxy) is 2. The second-order valence-electron chi connectivity index (χ2n) is 16.4. The number of terminal acetylenes is 1. The fourth-order valence-electron chi connectivity index (χ4n) is 9.54. The number of likely N-dealkylation sites (tertiary alicyclic amines) is 1. The molecule has 55 heavy (non-hydrogen) atoms. The molecule has 5 aliphatic rings. The first-order chi connectivity index (χ1) is 26.2. The summed E-state index contributed by atoms with van der Waals surface area (Å²) < 4.78 is 98.3. The molecule has 15 heteroatoms. The third-order valence-corrected chi connectivity index (χ3v) is 12.6. The number of aromatic nitrogens is 3. The van der Waals surface area contributed by atoms with Crippen LogP contribution in [0.2, 0.25) is 0 Å². The molecular formula is C40H40F6N6O3. The summed E-state index contributed by atoms with van der Waals surface area (Å²) in [4.78, 5) is 18.3. The third-order valence-electron chi connectivity index (χ3n) is 12.6. The Bertz CT molecular complexity index is 2230. The summed E-state index contributed by atoms with van der Waals surface area (Å²) in [5.74, 6) is 1.04. The lowest BCUT2D eigenvalue weighted by atomic mass is 9.55. The van der Waals surface area contributed by atoms with Gasteiger partial charge in [0.2, 0.25) is 11.5 Å². The number of piperidine rings is 1. The van der Waals surface area contributed by atoms with E-state index in [1.165, 1.54) is 31.4 Å². The number of nitrogens with zero attached hydrogens (tertiary/aromatic N) is 5. The van der Waals surface area contributed by atoms with Crippen molar-refractivity contribution < 1.29 is 40.9 Å².